The minimum absolute atomic E-state index is 0.0722. The lowest BCUT2D eigenvalue weighted by molar-refractivity contribution is 0.601. The average molecular weight is 407 g/mol. The van der Waals surface area contributed by atoms with Crippen LogP contribution >= 0.6 is 0 Å². The number of aromatic nitrogens is 2. The molecule has 4 aromatic rings. The number of sulfonamides is 1. The molecule has 3 aromatic carbocycles. The third kappa shape index (κ3) is 3.97. The Hall–Kier alpha value is -3.65. The van der Waals surface area contributed by atoms with Gasteiger partial charge in [0, 0.05) is 0 Å². The lowest BCUT2D eigenvalue weighted by Gasteiger charge is -2.13. The van der Waals surface area contributed by atoms with E-state index in [-0.39, 0.29) is 15.8 Å². The van der Waals surface area contributed by atoms with Crippen molar-refractivity contribution >= 4 is 26.6 Å². The largest absolute Gasteiger partial charge is 0.326 e. The van der Waals surface area contributed by atoms with Crippen molar-refractivity contribution in [3.63, 3.8) is 0 Å². The summed E-state index contributed by atoms with van der Waals surface area (Å²) in [5.41, 5.74) is 1.32. The number of rotatable bonds is 5. The molecule has 0 fully saturated rings. The average Bonchev–Trinajstić information content (AvgIpc) is 2.70. The summed E-state index contributed by atoms with van der Waals surface area (Å²) in [6.07, 6.45) is 0.568. The Morgan fingerprint density at radius 3 is 2.34 bits per heavy atom. The molecule has 146 valence electrons. The fourth-order valence-electron chi connectivity index (χ4n) is 3.10. The quantitative estimate of drug-likeness (QED) is 0.472. The fourth-order valence-corrected chi connectivity index (χ4v) is 4.23. The first-order valence-corrected chi connectivity index (χ1v) is 10.3. The molecule has 1 heterocycles. The lowest BCUT2D eigenvalue weighted by Crippen LogP contribution is -2.22. The van der Waals surface area contributed by atoms with Crippen molar-refractivity contribution in [2.45, 2.75) is 11.3 Å². The minimum Gasteiger partial charge on any atom is -0.307 e. The molecule has 0 saturated heterocycles. The standard InChI is InChI=1S/C21H17N3O4S/c25-20-17-13-16(10-11-19(17)22-21(26)23-20)29(27,28)24-18-9-5-4-8-15(18)12-14-6-2-1-3-7-14/h1-11,13,24H,12H2,(H2,22,23,25,26). The lowest BCUT2D eigenvalue weighted by atomic mass is 10.0. The van der Waals surface area contributed by atoms with Gasteiger partial charge in [-0.25, -0.2) is 13.2 Å². The maximum atomic E-state index is 12.9. The zero-order valence-corrected chi connectivity index (χ0v) is 16.0. The first-order valence-electron chi connectivity index (χ1n) is 8.83. The van der Waals surface area contributed by atoms with Crippen molar-refractivity contribution < 1.29 is 8.42 Å². The van der Waals surface area contributed by atoms with Crippen LogP contribution < -0.4 is 16.0 Å². The van der Waals surface area contributed by atoms with Crippen LogP contribution in [0.1, 0.15) is 11.1 Å². The van der Waals surface area contributed by atoms with Crippen LogP contribution in [0.25, 0.3) is 10.9 Å². The molecular formula is C21H17N3O4S. The molecule has 0 unspecified atom stereocenters. The van der Waals surface area contributed by atoms with Gasteiger partial charge in [-0.2, -0.15) is 0 Å². The fraction of sp³-hybridized carbons (Fsp3) is 0.0476. The van der Waals surface area contributed by atoms with Gasteiger partial charge in [-0.1, -0.05) is 48.5 Å². The Morgan fingerprint density at radius 1 is 0.828 bits per heavy atom. The highest BCUT2D eigenvalue weighted by molar-refractivity contribution is 7.92. The number of H-pyrrole nitrogens is 2. The van der Waals surface area contributed by atoms with Gasteiger partial charge in [0.05, 0.1) is 21.5 Å². The van der Waals surface area contributed by atoms with Gasteiger partial charge >= 0.3 is 5.69 Å². The van der Waals surface area contributed by atoms with Crippen molar-refractivity contribution in [2.24, 2.45) is 0 Å². The molecule has 0 aliphatic carbocycles. The first-order chi connectivity index (χ1) is 13.9. The van der Waals surface area contributed by atoms with Crippen LogP contribution in [0.15, 0.2) is 87.3 Å². The molecule has 0 radical (unpaired) electrons. The molecule has 0 saturated carbocycles. The molecule has 7 nitrogen and oxygen atoms in total. The third-order valence-corrected chi connectivity index (χ3v) is 5.88. The van der Waals surface area contributed by atoms with Gasteiger partial charge in [-0.3, -0.25) is 14.5 Å². The number of anilines is 1. The van der Waals surface area contributed by atoms with Crippen molar-refractivity contribution in [3.05, 3.63) is 105 Å². The molecular weight excluding hydrogens is 390 g/mol. The molecule has 0 bridgehead atoms. The first kappa shape index (κ1) is 18.7. The van der Waals surface area contributed by atoms with E-state index in [1.165, 1.54) is 18.2 Å². The zero-order chi connectivity index (χ0) is 20.4. The van der Waals surface area contributed by atoms with Crippen LogP contribution in [0.4, 0.5) is 5.69 Å². The van der Waals surface area contributed by atoms with Gasteiger partial charge in [0.1, 0.15) is 0 Å². The molecule has 29 heavy (non-hydrogen) atoms. The van der Waals surface area contributed by atoms with E-state index < -0.39 is 21.3 Å². The second-order valence-electron chi connectivity index (χ2n) is 6.54. The molecule has 0 aliphatic heterocycles. The van der Waals surface area contributed by atoms with Gasteiger partial charge in [-0.05, 0) is 41.8 Å². The Bertz CT molecular complexity index is 1410. The van der Waals surface area contributed by atoms with E-state index in [0.29, 0.717) is 12.1 Å². The van der Waals surface area contributed by atoms with Crippen LogP contribution in [-0.4, -0.2) is 18.4 Å². The molecule has 0 aliphatic rings. The number of para-hydroxylation sites is 1. The Labute approximate surface area is 166 Å². The molecule has 4 rings (SSSR count). The van der Waals surface area contributed by atoms with Crippen LogP contribution in [0.3, 0.4) is 0 Å². The molecule has 0 spiro atoms. The Kier molecular flexibility index (Phi) is 4.77. The predicted octanol–water partition coefficient (Wildman–Crippen LogP) is 2.61. The summed E-state index contributed by atoms with van der Waals surface area (Å²) in [6.45, 7) is 0. The third-order valence-electron chi connectivity index (χ3n) is 4.52. The number of benzene rings is 3. The summed E-state index contributed by atoms with van der Waals surface area (Å²) in [5.74, 6) is 0. The van der Waals surface area contributed by atoms with Crippen molar-refractivity contribution in [3.8, 4) is 0 Å². The van der Waals surface area contributed by atoms with E-state index in [2.05, 4.69) is 14.7 Å². The second-order valence-corrected chi connectivity index (χ2v) is 8.22. The van der Waals surface area contributed by atoms with Crippen molar-refractivity contribution in [1.82, 2.24) is 9.97 Å². The van der Waals surface area contributed by atoms with E-state index in [4.69, 9.17) is 0 Å². The Morgan fingerprint density at radius 2 is 1.55 bits per heavy atom. The van der Waals surface area contributed by atoms with Gasteiger partial charge in [-0.15, -0.1) is 0 Å². The maximum absolute atomic E-state index is 12.9. The molecule has 1 aromatic heterocycles. The number of hydrogen-bond acceptors (Lipinski definition) is 4. The van der Waals surface area contributed by atoms with Crippen LogP contribution in [-0.2, 0) is 16.4 Å². The Balaban J connectivity index is 1.70. The number of aromatic amines is 2. The van der Waals surface area contributed by atoms with E-state index >= 15 is 0 Å². The molecule has 8 heteroatoms. The number of hydrogen-bond donors (Lipinski definition) is 3. The molecule has 0 atom stereocenters. The number of nitrogens with one attached hydrogen (secondary N) is 3. The monoisotopic (exact) mass is 407 g/mol. The molecule has 3 N–H and O–H groups in total. The van der Waals surface area contributed by atoms with Crippen LogP contribution in [0, 0.1) is 0 Å². The van der Waals surface area contributed by atoms with E-state index in [9.17, 15) is 18.0 Å². The topological polar surface area (TPSA) is 112 Å². The van der Waals surface area contributed by atoms with Crippen molar-refractivity contribution in [2.75, 3.05) is 4.72 Å². The second kappa shape index (κ2) is 7.40. The van der Waals surface area contributed by atoms with Gasteiger partial charge in [0.2, 0.25) is 0 Å². The SMILES string of the molecule is O=c1[nH]c(=O)c2cc(S(=O)(=O)Nc3ccccc3Cc3ccccc3)ccc2[nH]1. The van der Waals surface area contributed by atoms with Gasteiger partial charge in [0.15, 0.2) is 0 Å². The predicted molar refractivity (Wildman–Crippen MR) is 112 cm³/mol. The highest BCUT2D eigenvalue weighted by Gasteiger charge is 2.17. The van der Waals surface area contributed by atoms with Gasteiger partial charge in [0.25, 0.3) is 15.6 Å². The summed E-state index contributed by atoms with van der Waals surface area (Å²) in [4.78, 5) is 27.9. The van der Waals surface area contributed by atoms with E-state index in [1.807, 2.05) is 42.5 Å². The van der Waals surface area contributed by atoms with E-state index in [1.54, 1.807) is 12.1 Å². The maximum Gasteiger partial charge on any atom is 0.326 e. The summed E-state index contributed by atoms with van der Waals surface area (Å²) in [7, 11) is -3.94. The number of fused-ring (bicyclic) bond motifs is 1. The summed E-state index contributed by atoms with van der Waals surface area (Å²) in [6, 6.07) is 20.9. The normalized spacial score (nSPS) is 11.4. The summed E-state index contributed by atoms with van der Waals surface area (Å²) in [5, 5.41) is 0.0880. The highest BCUT2D eigenvalue weighted by atomic mass is 32.2. The highest BCUT2D eigenvalue weighted by Crippen LogP contribution is 2.23. The van der Waals surface area contributed by atoms with Crippen molar-refractivity contribution in [1.29, 1.82) is 0 Å². The van der Waals surface area contributed by atoms with E-state index in [0.717, 1.165) is 11.1 Å². The molecule has 0 amide bonds. The zero-order valence-electron chi connectivity index (χ0n) is 15.2. The van der Waals surface area contributed by atoms with Crippen LogP contribution in [0.5, 0.6) is 0 Å². The van der Waals surface area contributed by atoms with Crippen LogP contribution in [0.2, 0.25) is 0 Å². The van der Waals surface area contributed by atoms with Gasteiger partial charge < -0.3 is 4.98 Å². The minimum atomic E-state index is -3.94. The smallest absolute Gasteiger partial charge is 0.307 e. The summed E-state index contributed by atoms with van der Waals surface area (Å²) < 4.78 is 28.5. The summed E-state index contributed by atoms with van der Waals surface area (Å²) >= 11 is 0.